The van der Waals surface area contributed by atoms with Gasteiger partial charge in [0, 0.05) is 17.1 Å². The van der Waals surface area contributed by atoms with Crippen LogP contribution >= 0.6 is 11.8 Å². The molecule has 2 aromatic rings. The highest BCUT2D eigenvalue weighted by Crippen LogP contribution is 2.28. The highest BCUT2D eigenvalue weighted by Gasteiger charge is 2.05. The summed E-state index contributed by atoms with van der Waals surface area (Å²) in [5.41, 5.74) is 4.22. The zero-order chi connectivity index (χ0) is 14.5. The smallest absolute Gasteiger partial charge is 0.121 e. The Hall–Kier alpha value is -1.61. The Labute approximate surface area is 125 Å². The second kappa shape index (κ2) is 6.71. The average Bonchev–Trinajstić information content (AvgIpc) is 2.44. The number of thioether (sulfide) groups is 1. The number of para-hydroxylation sites is 1. The number of aromatic hydroxyl groups is 1. The predicted octanol–water partition coefficient (Wildman–Crippen LogP) is 4.73. The quantitative estimate of drug-likeness (QED) is 0.780. The summed E-state index contributed by atoms with van der Waals surface area (Å²) >= 11 is 1.84. The van der Waals surface area contributed by atoms with E-state index in [-0.39, 0.29) is 0 Å². The molecular formula is C17H21NOS. The summed E-state index contributed by atoms with van der Waals surface area (Å²) in [6.45, 7) is 6.80. The Balaban J connectivity index is 2.13. The minimum atomic E-state index is 0.399. The van der Waals surface area contributed by atoms with Crippen LogP contribution in [0.3, 0.4) is 0 Å². The fourth-order valence-corrected chi connectivity index (χ4v) is 3.02. The highest BCUT2D eigenvalue weighted by atomic mass is 32.2. The van der Waals surface area contributed by atoms with Gasteiger partial charge in [-0.2, -0.15) is 0 Å². The van der Waals surface area contributed by atoms with Crippen molar-refractivity contribution in [3.05, 3.63) is 53.1 Å². The average molecular weight is 287 g/mol. The van der Waals surface area contributed by atoms with Crippen molar-refractivity contribution < 1.29 is 5.11 Å². The molecule has 2 nitrogen and oxygen atoms in total. The van der Waals surface area contributed by atoms with Crippen molar-refractivity contribution in [1.82, 2.24) is 0 Å². The van der Waals surface area contributed by atoms with Crippen molar-refractivity contribution in [3.63, 3.8) is 0 Å². The van der Waals surface area contributed by atoms with Crippen LogP contribution in [0.4, 0.5) is 5.69 Å². The maximum absolute atomic E-state index is 9.81. The van der Waals surface area contributed by atoms with Crippen molar-refractivity contribution in [2.24, 2.45) is 0 Å². The molecule has 0 fully saturated rings. The van der Waals surface area contributed by atoms with Crippen LogP contribution in [0.25, 0.3) is 0 Å². The summed E-state index contributed by atoms with van der Waals surface area (Å²) in [7, 11) is 0. The lowest BCUT2D eigenvalue weighted by atomic mass is 10.1. The van der Waals surface area contributed by atoms with Gasteiger partial charge in [0.15, 0.2) is 0 Å². The van der Waals surface area contributed by atoms with Gasteiger partial charge in [0.05, 0.1) is 0 Å². The van der Waals surface area contributed by atoms with Gasteiger partial charge in [-0.25, -0.2) is 0 Å². The summed E-state index contributed by atoms with van der Waals surface area (Å²) in [6.07, 6.45) is 0. The summed E-state index contributed by atoms with van der Waals surface area (Å²) in [5.74, 6) is 1.46. The standard InChI is InChI=1S/C17H21NOS/c1-4-20-16-8-6-5-7-15(16)18-11-14-9-12(2)17(19)13(3)10-14/h5-10,18-19H,4,11H2,1-3H3. The third kappa shape index (κ3) is 3.48. The number of benzene rings is 2. The first-order valence-corrected chi connectivity index (χ1v) is 7.85. The predicted molar refractivity (Wildman–Crippen MR) is 87.7 cm³/mol. The molecule has 0 saturated heterocycles. The molecule has 0 bridgehead atoms. The highest BCUT2D eigenvalue weighted by molar-refractivity contribution is 7.99. The molecule has 0 heterocycles. The van der Waals surface area contributed by atoms with Crippen molar-refractivity contribution in [2.75, 3.05) is 11.1 Å². The van der Waals surface area contributed by atoms with Crippen molar-refractivity contribution in [2.45, 2.75) is 32.2 Å². The molecule has 0 aliphatic carbocycles. The van der Waals surface area contributed by atoms with Crippen molar-refractivity contribution in [1.29, 1.82) is 0 Å². The first-order chi connectivity index (χ1) is 9.61. The molecule has 106 valence electrons. The Morgan fingerprint density at radius 2 is 1.75 bits per heavy atom. The normalized spacial score (nSPS) is 10.6. The molecule has 0 radical (unpaired) electrons. The van der Waals surface area contributed by atoms with Crippen LogP contribution in [-0.4, -0.2) is 10.9 Å². The van der Waals surface area contributed by atoms with Crippen LogP contribution in [0.1, 0.15) is 23.6 Å². The van der Waals surface area contributed by atoms with E-state index in [0.29, 0.717) is 5.75 Å². The van der Waals surface area contributed by atoms with E-state index >= 15 is 0 Å². The van der Waals surface area contributed by atoms with Crippen LogP contribution in [0.2, 0.25) is 0 Å². The Morgan fingerprint density at radius 1 is 1.10 bits per heavy atom. The minimum absolute atomic E-state index is 0.399. The number of hydrogen-bond acceptors (Lipinski definition) is 3. The van der Waals surface area contributed by atoms with Gasteiger partial charge in [0.2, 0.25) is 0 Å². The van der Waals surface area contributed by atoms with Gasteiger partial charge in [0.1, 0.15) is 5.75 Å². The Kier molecular flexibility index (Phi) is 4.96. The van der Waals surface area contributed by atoms with E-state index in [4.69, 9.17) is 0 Å². The van der Waals surface area contributed by atoms with E-state index in [0.717, 1.165) is 23.4 Å². The molecule has 0 amide bonds. The van der Waals surface area contributed by atoms with Gasteiger partial charge in [-0.1, -0.05) is 31.2 Å². The van der Waals surface area contributed by atoms with Gasteiger partial charge in [-0.15, -0.1) is 11.8 Å². The summed E-state index contributed by atoms with van der Waals surface area (Å²) in [6, 6.07) is 12.4. The fraction of sp³-hybridized carbons (Fsp3) is 0.294. The number of phenolic OH excluding ortho intramolecular Hbond substituents is 1. The monoisotopic (exact) mass is 287 g/mol. The molecule has 3 heteroatoms. The van der Waals surface area contributed by atoms with E-state index in [1.165, 1.54) is 16.1 Å². The summed E-state index contributed by atoms with van der Waals surface area (Å²) in [5, 5.41) is 13.3. The van der Waals surface area contributed by atoms with E-state index in [9.17, 15) is 5.11 Å². The van der Waals surface area contributed by atoms with Crippen molar-refractivity contribution in [3.8, 4) is 5.75 Å². The molecule has 0 aromatic heterocycles. The molecule has 0 unspecified atom stereocenters. The topological polar surface area (TPSA) is 32.3 Å². The molecule has 0 atom stereocenters. The number of nitrogens with one attached hydrogen (secondary N) is 1. The molecule has 20 heavy (non-hydrogen) atoms. The summed E-state index contributed by atoms with van der Waals surface area (Å²) in [4.78, 5) is 1.28. The Bertz CT molecular complexity index is 572. The second-order valence-corrected chi connectivity index (χ2v) is 6.17. The second-order valence-electron chi connectivity index (χ2n) is 4.86. The van der Waals surface area contributed by atoms with Gasteiger partial charge < -0.3 is 10.4 Å². The largest absolute Gasteiger partial charge is 0.507 e. The SMILES string of the molecule is CCSc1ccccc1NCc1cc(C)c(O)c(C)c1. The Morgan fingerprint density at radius 3 is 2.40 bits per heavy atom. The number of phenols is 1. The zero-order valence-corrected chi connectivity index (χ0v) is 13.1. The van der Waals surface area contributed by atoms with Crippen LogP contribution in [0, 0.1) is 13.8 Å². The molecule has 2 rings (SSSR count). The van der Waals surface area contributed by atoms with Crippen LogP contribution < -0.4 is 5.32 Å². The third-order valence-corrected chi connectivity index (χ3v) is 4.18. The van der Waals surface area contributed by atoms with E-state index < -0.39 is 0 Å². The first kappa shape index (κ1) is 14.8. The van der Waals surface area contributed by atoms with Crippen LogP contribution in [0.15, 0.2) is 41.3 Å². The lowest BCUT2D eigenvalue weighted by molar-refractivity contribution is 0.466. The molecular weight excluding hydrogens is 266 g/mol. The maximum atomic E-state index is 9.81. The molecule has 0 saturated carbocycles. The fourth-order valence-electron chi connectivity index (χ4n) is 2.24. The minimum Gasteiger partial charge on any atom is -0.507 e. The number of anilines is 1. The first-order valence-electron chi connectivity index (χ1n) is 6.86. The zero-order valence-electron chi connectivity index (χ0n) is 12.2. The van der Waals surface area contributed by atoms with Crippen molar-refractivity contribution >= 4 is 17.4 Å². The number of aryl methyl sites for hydroxylation is 2. The third-order valence-electron chi connectivity index (χ3n) is 3.22. The van der Waals surface area contributed by atoms with Gasteiger partial charge in [-0.05, 0) is 48.4 Å². The molecule has 0 aliphatic rings. The van der Waals surface area contributed by atoms with E-state index in [1.54, 1.807) is 0 Å². The molecule has 0 aliphatic heterocycles. The van der Waals surface area contributed by atoms with Gasteiger partial charge in [0.25, 0.3) is 0 Å². The van der Waals surface area contributed by atoms with Crippen LogP contribution in [-0.2, 0) is 6.54 Å². The summed E-state index contributed by atoms with van der Waals surface area (Å²) < 4.78 is 0. The lowest BCUT2D eigenvalue weighted by Crippen LogP contribution is -2.01. The molecule has 0 spiro atoms. The lowest BCUT2D eigenvalue weighted by Gasteiger charge is -2.13. The van der Waals surface area contributed by atoms with E-state index in [1.807, 2.05) is 37.7 Å². The molecule has 2 N–H and O–H groups in total. The number of hydrogen-bond donors (Lipinski definition) is 2. The van der Waals surface area contributed by atoms with E-state index in [2.05, 4.69) is 36.5 Å². The van der Waals surface area contributed by atoms with Gasteiger partial charge in [-0.3, -0.25) is 0 Å². The van der Waals surface area contributed by atoms with Crippen LogP contribution in [0.5, 0.6) is 5.75 Å². The number of rotatable bonds is 5. The van der Waals surface area contributed by atoms with Gasteiger partial charge >= 0.3 is 0 Å². The maximum Gasteiger partial charge on any atom is 0.121 e. The molecule has 2 aromatic carbocycles.